The van der Waals surface area contributed by atoms with Gasteiger partial charge in [-0.2, -0.15) is 0 Å². The number of para-hydroxylation sites is 1. The number of aliphatic hydroxyl groups excluding tert-OH is 1. The molecule has 0 radical (unpaired) electrons. The number of hydrogen-bond donors (Lipinski definition) is 2. The molecule has 26 heavy (non-hydrogen) atoms. The fourth-order valence-electron chi connectivity index (χ4n) is 2.86. The largest absolute Gasteiger partial charge is 0.507 e. The quantitative estimate of drug-likeness (QED) is 0.671. The van der Waals surface area contributed by atoms with Gasteiger partial charge >= 0.3 is 0 Å². The van der Waals surface area contributed by atoms with Gasteiger partial charge in [-0.1, -0.05) is 63.3 Å². The number of nitrogens with zero attached hydrogens (tertiary/aromatic N) is 1. The monoisotopic (exact) mass is 351 g/mol. The van der Waals surface area contributed by atoms with Crippen molar-refractivity contribution in [1.29, 1.82) is 0 Å². The summed E-state index contributed by atoms with van der Waals surface area (Å²) in [7, 11) is 0. The number of rotatable bonds is 7. The first-order valence-corrected chi connectivity index (χ1v) is 9.22. The second kappa shape index (κ2) is 9.35. The Bertz CT molecular complexity index is 791. The molecule has 3 heteroatoms. The van der Waals surface area contributed by atoms with Crippen molar-refractivity contribution in [2.45, 2.75) is 40.2 Å². The highest BCUT2D eigenvalue weighted by molar-refractivity contribution is 5.90. The summed E-state index contributed by atoms with van der Waals surface area (Å²) in [4.78, 5) is 4.45. The van der Waals surface area contributed by atoms with E-state index < -0.39 is 0 Å². The predicted molar refractivity (Wildman–Crippen MR) is 111 cm³/mol. The van der Waals surface area contributed by atoms with Gasteiger partial charge < -0.3 is 10.2 Å². The lowest BCUT2D eigenvalue weighted by Gasteiger charge is -2.14. The number of aliphatic hydroxyl groups is 1. The number of phenolic OH excluding ortho intramolecular Hbond substituents is 1. The van der Waals surface area contributed by atoms with Crippen LogP contribution in [0.25, 0.3) is 17.2 Å². The van der Waals surface area contributed by atoms with Crippen LogP contribution in [0.2, 0.25) is 0 Å². The predicted octanol–water partition coefficient (Wildman–Crippen LogP) is 5.23. The standard InChI is InChI=1S/C23H29NO2/c1-5-6-11-19-17(4)9-7-12-20(19)21-13-8-10-18(23(21)26)14-24-22(15-25)16(2)3/h6-14,16,22,25-26H,5,15H2,1-4H3/b11-6-,24-14?. The van der Waals surface area contributed by atoms with Crippen LogP contribution in [0.5, 0.6) is 5.75 Å². The molecule has 0 amide bonds. The first-order chi connectivity index (χ1) is 12.5. The zero-order valence-electron chi connectivity index (χ0n) is 16.1. The van der Waals surface area contributed by atoms with Gasteiger partial charge in [0.15, 0.2) is 0 Å². The second-order valence-electron chi connectivity index (χ2n) is 6.86. The molecule has 0 spiro atoms. The highest BCUT2D eigenvalue weighted by Crippen LogP contribution is 2.35. The van der Waals surface area contributed by atoms with Gasteiger partial charge in [0.25, 0.3) is 0 Å². The number of phenols is 1. The summed E-state index contributed by atoms with van der Waals surface area (Å²) in [5.74, 6) is 0.456. The Kier molecular flexibility index (Phi) is 7.16. The molecular weight excluding hydrogens is 322 g/mol. The zero-order chi connectivity index (χ0) is 19.1. The molecule has 0 aliphatic heterocycles. The van der Waals surface area contributed by atoms with E-state index in [-0.39, 0.29) is 24.3 Å². The number of hydrogen-bond acceptors (Lipinski definition) is 3. The number of aliphatic imine (C=N–C) groups is 1. The molecule has 2 N–H and O–H groups in total. The SMILES string of the molecule is CC/C=C\c1c(C)cccc1-c1cccc(C=NC(CO)C(C)C)c1O. The molecule has 0 heterocycles. The van der Waals surface area contributed by atoms with Gasteiger partial charge in [0.2, 0.25) is 0 Å². The van der Waals surface area contributed by atoms with Crippen LogP contribution in [0.1, 0.15) is 43.9 Å². The summed E-state index contributed by atoms with van der Waals surface area (Å²) in [5.41, 5.74) is 4.75. The third kappa shape index (κ3) is 4.61. The van der Waals surface area contributed by atoms with Gasteiger partial charge in [-0.05, 0) is 42.0 Å². The Balaban J connectivity index is 2.49. The van der Waals surface area contributed by atoms with E-state index >= 15 is 0 Å². The third-order valence-corrected chi connectivity index (χ3v) is 4.56. The van der Waals surface area contributed by atoms with Crippen molar-refractivity contribution in [3.8, 4) is 16.9 Å². The molecular formula is C23H29NO2. The Labute approximate surface area is 156 Å². The first-order valence-electron chi connectivity index (χ1n) is 9.22. The fourth-order valence-corrected chi connectivity index (χ4v) is 2.86. The summed E-state index contributed by atoms with van der Waals surface area (Å²) in [6.45, 7) is 8.23. The lowest BCUT2D eigenvalue weighted by atomic mass is 9.93. The van der Waals surface area contributed by atoms with Crippen LogP contribution in [0.4, 0.5) is 0 Å². The van der Waals surface area contributed by atoms with Crippen molar-refractivity contribution >= 4 is 12.3 Å². The molecule has 0 aliphatic rings. The van der Waals surface area contributed by atoms with Gasteiger partial charge in [0, 0.05) is 17.3 Å². The topological polar surface area (TPSA) is 52.8 Å². The molecule has 1 unspecified atom stereocenters. The van der Waals surface area contributed by atoms with Crippen molar-refractivity contribution in [2.75, 3.05) is 6.61 Å². The van der Waals surface area contributed by atoms with Gasteiger partial charge in [-0.15, -0.1) is 0 Å². The minimum Gasteiger partial charge on any atom is -0.507 e. The van der Waals surface area contributed by atoms with Crippen molar-refractivity contribution in [1.82, 2.24) is 0 Å². The molecule has 138 valence electrons. The zero-order valence-corrected chi connectivity index (χ0v) is 16.1. The number of benzene rings is 2. The van der Waals surface area contributed by atoms with Crippen LogP contribution >= 0.6 is 0 Å². The highest BCUT2D eigenvalue weighted by atomic mass is 16.3. The maximum atomic E-state index is 10.8. The Morgan fingerprint density at radius 1 is 1.08 bits per heavy atom. The van der Waals surface area contributed by atoms with Crippen LogP contribution < -0.4 is 0 Å². The first kappa shape index (κ1) is 19.9. The summed E-state index contributed by atoms with van der Waals surface area (Å²) in [5, 5.41) is 20.3. The Morgan fingerprint density at radius 2 is 1.77 bits per heavy atom. The molecule has 3 nitrogen and oxygen atoms in total. The van der Waals surface area contributed by atoms with Crippen molar-refractivity contribution in [3.63, 3.8) is 0 Å². The van der Waals surface area contributed by atoms with Gasteiger partial charge in [-0.25, -0.2) is 0 Å². The average molecular weight is 351 g/mol. The summed E-state index contributed by atoms with van der Waals surface area (Å²) < 4.78 is 0. The molecule has 2 aromatic carbocycles. The molecule has 0 saturated carbocycles. The van der Waals surface area contributed by atoms with Gasteiger partial charge in [-0.3, -0.25) is 4.99 Å². The van der Waals surface area contributed by atoms with Crippen molar-refractivity contribution < 1.29 is 10.2 Å². The van der Waals surface area contributed by atoms with E-state index in [1.807, 2.05) is 44.2 Å². The minimum atomic E-state index is -0.167. The lowest BCUT2D eigenvalue weighted by molar-refractivity contribution is 0.240. The van der Waals surface area contributed by atoms with Crippen LogP contribution in [0, 0.1) is 12.8 Å². The fraction of sp³-hybridized carbons (Fsp3) is 0.348. The highest BCUT2D eigenvalue weighted by Gasteiger charge is 2.13. The van der Waals surface area contributed by atoms with E-state index in [9.17, 15) is 10.2 Å². The summed E-state index contributed by atoms with van der Waals surface area (Å²) >= 11 is 0. The molecule has 2 aromatic rings. The maximum Gasteiger partial charge on any atom is 0.132 e. The van der Waals surface area contributed by atoms with E-state index in [0.717, 1.165) is 23.1 Å². The van der Waals surface area contributed by atoms with Crippen LogP contribution in [-0.2, 0) is 0 Å². The van der Waals surface area contributed by atoms with Crippen molar-refractivity contribution in [3.05, 3.63) is 59.2 Å². The Morgan fingerprint density at radius 3 is 2.42 bits per heavy atom. The average Bonchev–Trinajstić information content (AvgIpc) is 2.62. The molecule has 2 rings (SSSR count). The number of aryl methyl sites for hydroxylation is 1. The second-order valence-corrected chi connectivity index (χ2v) is 6.86. The normalized spacial score (nSPS) is 13.2. The van der Waals surface area contributed by atoms with E-state index in [2.05, 4.69) is 37.1 Å². The maximum absolute atomic E-state index is 10.8. The lowest BCUT2D eigenvalue weighted by Crippen LogP contribution is -2.17. The minimum absolute atomic E-state index is 0.00153. The van der Waals surface area contributed by atoms with Crippen LogP contribution in [-0.4, -0.2) is 29.1 Å². The van der Waals surface area contributed by atoms with Crippen LogP contribution in [0.15, 0.2) is 47.5 Å². The summed E-state index contributed by atoms with van der Waals surface area (Å²) in [6.07, 6.45) is 6.87. The van der Waals surface area contributed by atoms with E-state index in [1.165, 1.54) is 5.56 Å². The van der Waals surface area contributed by atoms with E-state index in [0.29, 0.717) is 5.56 Å². The number of allylic oxidation sites excluding steroid dienone is 1. The Hall–Kier alpha value is -2.39. The molecule has 0 aromatic heterocycles. The van der Waals surface area contributed by atoms with Crippen molar-refractivity contribution in [2.24, 2.45) is 10.9 Å². The van der Waals surface area contributed by atoms with E-state index in [1.54, 1.807) is 6.21 Å². The van der Waals surface area contributed by atoms with Gasteiger partial charge in [0.05, 0.1) is 12.6 Å². The molecule has 0 saturated heterocycles. The molecule has 1 atom stereocenters. The molecule has 0 aliphatic carbocycles. The summed E-state index contributed by atoms with van der Waals surface area (Å²) in [6, 6.07) is 11.6. The van der Waals surface area contributed by atoms with Crippen LogP contribution in [0.3, 0.4) is 0 Å². The van der Waals surface area contributed by atoms with E-state index in [4.69, 9.17) is 0 Å². The smallest absolute Gasteiger partial charge is 0.132 e. The van der Waals surface area contributed by atoms with Gasteiger partial charge in [0.1, 0.15) is 5.75 Å². The third-order valence-electron chi connectivity index (χ3n) is 4.56. The number of aromatic hydroxyl groups is 1. The molecule has 0 bridgehead atoms. The molecule has 0 fully saturated rings.